The number of piperazine rings is 1. The molecule has 1 aromatic carbocycles. The fourth-order valence-corrected chi connectivity index (χ4v) is 3.12. The maximum atomic E-state index is 12.6. The smallest absolute Gasteiger partial charge is 0.257 e. The zero-order valence-corrected chi connectivity index (χ0v) is 16.3. The standard InChI is InChI=1S/C21H28N4O2/c1-4-24-11-13-25(14-12-24)20-10-9-17(15-22-20)21(26)23-18-7-5-6-8-19(18)27-16(2)3/h5-10,15-16H,4,11-14H2,1-3H3,(H,23,26). The van der Waals surface area contributed by atoms with Crippen molar-refractivity contribution < 1.29 is 9.53 Å². The van der Waals surface area contributed by atoms with Crippen molar-refractivity contribution in [3.63, 3.8) is 0 Å². The molecule has 0 bridgehead atoms. The van der Waals surface area contributed by atoms with Crippen LogP contribution in [0.1, 0.15) is 31.1 Å². The molecular weight excluding hydrogens is 340 g/mol. The number of amides is 1. The first kappa shape index (κ1) is 19.2. The molecule has 144 valence electrons. The summed E-state index contributed by atoms with van der Waals surface area (Å²) in [5.74, 6) is 1.40. The lowest BCUT2D eigenvalue weighted by Crippen LogP contribution is -2.46. The van der Waals surface area contributed by atoms with Crippen molar-refractivity contribution in [2.24, 2.45) is 0 Å². The van der Waals surface area contributed by atoms with E-state index >= 15 is 0 Å². The van der Waals surface area contributed by atoms with Gasteiger partial charge in [0.15, 0.2) is 0 Å². The second-order valence-electron chi connectivity index (χ2n) is 6.94. The molecule has 0 radical (unpaired) electrons. The Labute approximate surface area is 161 Å². The number of rotatable bonds is 6. The third kappa shape index (κ3) is 4.98. The molecule has 1 saturated heterocycles. The van der Waals surface area contributed by atoms with Crippen molar-refractivity contribution in [2.75, 3.05) is 42.9 Å². The number of anilines is 2. The van der Waals surface area contributed by atoms with Gasteiger partial charge in [0.05, 0.1) is 17.4 Å². The molecule has 0 spiro atoms. The third-order valence-electron chi connectivity index (χ3n) is 4.65. The quantitative estimate of drug-likeness (QED) is 0.848. The van der Waals surface area contributed by atoms with Crippen molar-refractivity contribution in [1.29, 1.82) is 0 Å². The molecular formula is C21H28N4O2. The van der Waals surface area contributed by atoms with Crippen LogP contribution >= 0.6 is 0 Å². The second kappa shape index (κ2) is 8.86. The highest BCUT2D eigenvalue weighted by Gasteiger charge is 2.17. The molecule has 6 nitrogen and oxygen atoms in total. The molecule has 0 atom stereocenters. The van der Waals surface area contributed by atoms with Crippen molar-refractivity contribution in [3.8, 4) is 5.75 Å². The van der Waals surface area contributed by atoms with E-state index in [1.54, 1.807) is 6.20 Å². The number of carbonyl (C=O) groups is 1. The lowest BCUT2D eigenvalue weighted by Gasteiger charge is -2.34. The molecule has 0 aliphatic carbocycles. The first-order valence-electron chi connectivity index (χ1n) is 9.57. The van der Waals surface area contributed by atoms with Crippen LogP contribution in [0.15, 0.2) is 42.6 Å². The molecule has 2 heterocycles. The van der Waals surface area contributed by atoms with E-state index in [1.165, 1.54) is 0 Å². The van der Waals surface area contributed by atoms with Crippen LogP contribution in [0.25, 0.3) is 0 Å². The Morgan fingerprint density at radius 1 is 1.15 bits per heavy atom. The molecule has 1 aliphatic rings. The summed E-state index contributed by atoms with van der Waals surface area (Å²) in [6, 6.07) is 11.2. The molecule has 0 saturated carbocycles. The first-order valence-corrected chi connectivity index (χ1v) is 9.57. The van der Waals surface area contributed by atoms with Gasteiger partial charge in [-0.1, -0.05) is 19.1 Å². The minimum atomic E-state index is -0.190. The first-order chi connectivity index (χ1) is 13.1. The number of hydrogen-bond donors (Lipinski definition) is 1. The summed E-state index contributed by atoms with van der Waals surface area (Å²) in [5.41, 5.74) is 1.20. The van der Waals surface area contributed by atoms with Gasteiger partial charge >= 0.3 is 0 Å². The normalized spacial score (nSPS) is 15.0. The fraction of sp³-hybridized carbons (Fsp3) is 0.429. The van der Waals surface area contributed by atoms with Crippen LogP contribution in [-0.2, 0) is 0 Å². The Kier molecular flexibility index (Phi) is 6.29. The van der Waals surface area contributed by atoms with Crippen LogP contribution in [0.4, 0.5) is 11.5 Å². The van der Waals surface area contributed by atoms with Gasteiger partial charge in [-0.05, 0) is 44.7 Å². The summed E-state index contributed by atoms with van der Waals surface area (Å²) in [4.78, 5) is 21.8. The van der Waals surface area contributed by atoms with E-state index in [2.05, 4.69) is 27.0 Å². The molecule has 1 aromatic heterocycles. The van der Waals surface area contributed by atoms with Crippen LogP contribution in [-0.4, -0.2) is 54.6 Å². The Hall–Kier alpha value is -2.60. The largest absolute Gasteiger partial charge is 0.489 e. The van der Waals surface area contributed by atoms with E-state index in [0.717, 1.165) is 38.5 Å². The van der Waals surface area contributed by atoms with Gasteiger partial charge in [0, 0.05) is 32.4 Å². The lowest BCUT2D eigenvalue weighted by molar-refractivity contribution is 0.102. The minimum Gasteiger partial charge on any atom is -0.489 e. The molecule has 6 heteroatoms. The SMILES string of the molecule is CCN1CCN(c2ccc(C(=O)Nc3ccccc3OC(C)C)cn2)CC1. The number of benzene rings is 1. The molecule has 2 aromatic rings. The van der Waals surface area contributed by atoms with Gasteiger partial charge in [0.25, 0.3) is 5.91 Å². The number of para-hydroxylation sites is 2. The number of carbonyl (C=O) groups excluding carboxylic acids is 1. The molecule has 1 amide bonds. The average Bonchev–Trinajstić information content (AvgIpc) is 2.69. The Balaban J connectivity index is 1.65. The predicted octanol–water partition coefficient (Wildman–Crippen LogP) is 3.26. The molecule has 0 unspecified atom stereocenters. The highest BCUT2D eigenvalue weighted by Crippen LogP contribution is 2.25. The minimum absolute atomic E-state index is 0.0391. The van der Waals surface area contributed by atoms with Crippen LogP contribution in [0.2, 0.25) is 0 Å². The van der Waals surface area contributed by atoms with E-state index in [0.29, 0.717) is 17.0 Å². The van der Waals surface area contributed by atoms with Gasteiger partial charge < -0.3 is 19.9 Å². The fourth-order valence-electron chi connectivity index (χ4n) is 3.12. The van der Waals surface area contributed by atoms with Gasteiger partial charge in [0.1, 0.15) is 11.6 Å². The zero-order valence-electron chi connectivity index (χ0n) is 16.3. The summed E-state index contributed by atoms with van der Waals surface area (Å²) >= 11 is 0. The van der Waals surface area contributed by atoms with E-state index < -0.39 is 0 Å². The van der Waals surface area contributed by atoms with Crippen molar-refractivity contribution in [3.05, 3.63) is 48.2 Å². The summed E-state index contributed by atoms with van der Waals surface area (Å²) in [6.45, 7) is 11.2. The van der Waals surface area contributed by atoms with E-state index in [4.69, 9.17) is 4.74 Å². The maximum Gasteiger partial charge on any atom is 0.257 e. The lowest BCUT2D eigenvalue weighted by atomic mass is 10.2. The molecule has 27 heavy (non-hydrogen) atoms. The van der Waals surface area contributed by atoms with Crippen LogP contribution in [0.3, 0.4) is 0 Å². The second-order valence-corrected chi connectivity index (χ2v) is 6.94. The Morgan fingerprint density at radius 2 is 1.89 bits per heavy atom. The van der Waals surface area contributed by atoms with Gasteiger partial charge in [-0.2, -0.15) is 0 Å². The number of pyridine rings is 1. The number of ether oxygens (including phenoxy) is 1. The number of nitrogens with zero attached hydrogens (tertiary/aromatic N) is 3. The Bertz CT molecular complexity index is 753. The number of nitrogens with one attached hydrogen (secondary N) is 1. The molecule has 1 aliphatic heterocycles. The highest BCUT2D eigenvalue weighted by molar-refractivity contribution is 6.04. The van der Waals surface area contributed by atoms with E-state index in [-0.39, 0.29) is 12.0 Å². The highest BCUT2D eigenvalue weighted by atomic mass is 16.5. The molecule has 1 N–H and O–H groups in total. The van der Waals surface area contributed by atoms with E-state index in [1.807, 2.05) is 50.2 Å². The van der Waals surface area contributed by atoms with Crippen molar-refractivity contribution in [1.82, 2.24) is 9.88 Å². The number of hydrogen-bond acceptors (Lipinski definition) is 5. The number of likely N-dealkylation sites (N-methyl/N-ethyl adjacent to an activating group) is 1. The summed E-state index contributed by atoms with van der Waals surface area (Å²) in [5, 5.41) is 2.92. The van der Waals surface area contributed by atoms with E-state index in [9.17, 15) is 4.79 Å². The summed E-state index contributed by atoms with van der Waals surface area (Å²) in [6.07, 6.45) is 1.68. The van der Waals surface area contributed by atoms with Crippen LogP contribution in [0.5, 0.6) is 5.75 Å². The number of aromatic nitrogens is 1. The van der Waals surface area contributed by atoms with Crippen LogP contribution in [0, 0.1) is 0 Å². The predicted molar refractivity (Wildman–Crippen MR) is 109 cm³/mol. The molecule has 1 fully saturated rings. The zero-order chi connectivity index (χ0) is 19.2. The molecule has 3 rings (SSSR count). The van der Waals surface area contributed by atoms with Gasteiger partial charge in [-0.15, -0.1) is 0 Å². The maximum absolute atomic E-state index is 12.6. The Morgan fingerprint density at radius 3 is 2.52 bits per heavy atom. The van der Waals surface area contributed by atoms with Gasteiger partial charge in [-0.3, -0.25) is 4.79 Å². The van der Waals surface area contributed by atoms with Crippen LogP contribution < -0.4 is 15.0 Å². The summed E-state index contributed by atoms with van der Waals surface area (Å²) in [7, 11) is 0. The monoisotopic (exact) mass is 368 g/mol. The summed E-state index contributed by atoms with van der Waals surface area (Å²) < 4.78 is 5.76. The van der Waals surface area contributed by atoms with Crippen molar-refractivity contribution >= 4 is 17.4 Å². The topological polar surface area (TPSA) is 57.7 Å². The van der Waals surface area contributed by atoms with Gasteiger partial charge in [0.2, 0.25) is 0 Å². The van der Waals surface area contributed by atoms with Crippen molar-refractivity contribution in [2.45, 2.75) is 26.9 Å². The van der Waals surface area contributed by atoms with Gasteiger partial charge in [-0.25, -0.2) is 4.98 Å². The third-order valence-corrected chi connectivity index (χ3v) is 4.65. The average molecular weight is 368 g/mol.